The molecular weight excluding hydrogens is 439 g/mol. The van der Waals surface area contributed by atoms with Crippen molar-refractivity contribution in [3.05, 3.63) is 60.0 Å². The molecule has 0 aliphatic carbocycles. The molecule has 1 aromatic carbocycles. The normalized spacial score (nSPS) is 14.7. The Morgan fingerprint density at radius 1 is 1.21 bits per heavy atom. The van der Waals surface area contributed by atoms with E-state index in [-0.39, 0.29) is 16.9 Å². The fourth-order valence-corrected chi connectivity index (χ4v) is 3.69. The van der Waals surface area contributed by atoms with Crippen molar-refractivity contribution in [2.45, 2.75) is 33.2 Å². The number of guanidine groups is 1. The lowest BCUT2D eigenvalue weighted by Crippen LogP contribution is -2.42. The molecule has 4 heterocycles. The van der Waals surface area contributed by atoms with Crippen molar-refractivity contribution in [2.75, 3.05) is 17.2 Å². The topological polar surface area (TPSA) is 122 Å². The van der Waals surface area contributed by atoms with Crippen molar-refractivity contribution in [1.82, 2.24) is 24.7 Å². The zero-order valence-corrected chi connectivity index (χ0v) is 19.1. The number of hydrogen-bond donors (Lipinski definition) is 3. The number of nitrogens with one attached hydrogen (secondary N) is 3. The van der Waals surface area contributed by atoms with Gasteiger partial charge in [-0.15, -0.1) is 0 Å². The zero-order valence-electron chi connectivity index (χ0n) is 19.1. The predicted octanol–water partition coefficient (Wildman–Crippen LogP) is 3.54. The summed E-state index contributed by atoms with van der Waals surface area (Å²) in [6.07, 6.45) is 5.11. The Morgan fingerprint density at radius 3 is 2.74 bits per heavy atom. The minimum Gasteiger partial charge on any atom is -0.436 e. The monoisotopic (exact) mass is 462 g/mol. The first-order valence-corrected chi connectivity index (χ1v) is 10.7. The molecule has 0 bridgehead atoms. The lowest BCUT2D eigenvalue weighted by atomic mass is 10.1. The quantitative estimate of drug-likeness (QED) is 0.424. The lowest BCUT2D eigenvalue weighted by Gasteiger charge is -2.18. The highest BCUT2D eigenvalue weighted by molar-refractivity contribution is 6.03. The van der Waals surface area contributed by atoms with E-state index in [0.29, 0.717) is 46.9 Å². The van der Waals surface area contributed by atoms with Gasteiger partial charge in [0.25, 0.3) is 5.91 Å². The summed E-state index contributed by atoms with van der Waals surface area (Å²) in [6, 6.07) is 4.27. The molecule has 174 valence electrons. The minimum absolute atomic E-state index is 0.106. The van der Waals surface area contributed by atoms with Gasteiger partial charge in [0, 0.05) is 30.6 Å². The van der Waals surface area contributed by atoms with Gasteiger partial charge in [-0.05, 0) is 39.0 Å². The highest BCUT2D eigenvalue weighted by Gasteiger charge is 2.25. The van der Waals surface area contributed by atoms with Crippen LogP contribution in [0.2, 0.25) is 0 Å². The number of fused-ring (bicyclic) bond motifs is 1. The van der Waals surface area contributed by atoms with Gasteiger partial charge in [-0.3, -0.25) is 14.2 Å². The maximum absolute atomic E-state index is 14.7. The average Bonchev–Trinajstić information content (AvgIpc) is 3.45. The summed E-state index contributed by atoms with van der Waals surface area (Å²) >= 11 is 0. The second-order valence-electron chi connectivity index (χ2n) is 8.77. The second kappa shape index (κ2) is 7.94. The summed E-state index contributed by atoms with van der Waals surface area (Å²) in [4.78, 5) is 29.9. The van der Waals surface area contributed by atoms with E-state index in [9.17, 15) is 9.18 Å². The number of carbonyl (C=O) groups is 1. The summed E-state index contributed by atoms with van der Waals surface area (Å²) in [7, 11) is 0. The molecule has 1 aliphatic rings. The van der Waals surface area contributed by atoms with E-state index >= 15 is 0 Å². The molecule has 0 atom stereocenters. The zero-order chi connectivity index (χ0) is 24.0. The third-order valence-electron chi connectivity index (χ3n) is 5.27. The predicted molar refractivity (Wildman–Crippen MR) is 125 cm³/mol. The molecule has 0 spiro atoms. The van der Waals surface area contributed by atoms with Gasteiger partial charge in [0.2, 0.25) is 11.5 Å². The number of carbonyl (C=O) groups excluding carboxylic acids is 1. The van der Waals surface area contributed by atoms with Crippen molar-refractivity contribution in [3.63, 3.8) is 0 Å². The van der Waals surface area contributed by atoms with Gasteiger partial charge in [-0.25, -0.2) is 19.3 Å². The Labute approximate surface area is 194 Å². The molecule has 5 rings (SSSR count). The van der Waals surface area contributed by atoms with Crippen LogP contribution in [0.25, 0.3) is 17.0 Å². The summed E-state index contributed by atoms with van der Waals surface area (Å²) < 4.78 is 21.7. The first-order chi connectivity index (χ1) is 16.2. The van der Waals surface area contributed by atoms with Gasteiger partial charge >= 0.3 is 0 Å². The Hall–Kier alpha value is -4.28. The molecule has 1 aliphatic heterocycles. The molecule has 0 saturated carbocycles. The van der Waals surface area contributed by atoms with Crippen molar-refractivity contribution in [1.29, 1.82) is 0 Å². The number of hydrogen-bond acceptors (Lipinski definition) is 8. The Balaban J connectivity index is 1.39. The fourth-order valence-electron chi connectivity index (χ4n) is 3.69. The van der Waals surface area contributed by atoms with Crippen LogP contribution in [-0.2, 0) is 0 Å². The second-order valence-corrected chi connectivity index (χ2v) is 8.77. The highest BCUT2D eigenvalue weighted by atomic mass is 19.1. The highest BCUT2D eigenvalue weighted by Crippen LogP contribution is 2.26. The number of halogens is 1. The Morgan fingerprint density at radius 2 is 2.03 bits per heavy atom. The van der Waals surface area contributed by atoms with Gasteiger partial charge in [-0.1, -0.05) is 0 Å². The fraction of sp³-hybridized carbons (Fsp3) is 0.261. The van der Waals surface area contributed by atoms with Crippen LogP contribution in [-0.4, -0.2) is 43.3 Å². The van der Waals surface area contributed by atoms with Crippen LogP contribution >= 0.6 is 0 Å². The molecule has 4 aromatic rings. The summed E-state index contributed by atoms with van der Waals surface area (Å²) in [5.74, 6) is 0.646. The van der Waals surface area contributed by atoms with Crippen LogP contribution in [0.15, 0.2) is 46.2 Å². The van der Waals surface area contributed by atoms with Gasteiger partial charge < -0.3 is 20.4 Å². The summed E-state index contributed by atoms with van der Waals surface area (Å²) in [6.45, 7) is 8.14. The molecule has 11 heteroatoms. The molecule has 34 heavy (non-hydrogen) atoms. The standard InChI is InChI=1S/C23H23FN8O2/c1-12-19(34-13(2)27-12)20(33)28-14-5-6-17(24)16(7-14)18-10-32-9-15(8-25-22(32)30-18)29-21-26-11-23(3,4)31-21/h5-10H,11H2,1-4H3,(H,28,33)(H2,26,29,31). The smallest absolute Gasteiger partial charge is 0.293 e. The number of aliphatic imine (C=N–C) groups is 1. The van der Waals surface area contributed by atoms with Crippen LogP contribution in [0.5, 0.6) is 0 Å². The van der Waals surface area contributed by atoms with Crippen LogP contribution in [0.1, 0.15) is 36.0 Å². The van der Waals surface area contributed by atoms with Crippen molar-refractivity contribution < 1.29 is 13.6 Å². The van der Waals surface area contributed by atoms with Gasteiger partial charge in [0.05, 0.1) is 35.4 Å². The number of nitrogens with zero attached hydrogens (tertiary/aromatic N) is 5. The van der Waals surface area contributed by atoms with E-state index in [4.69, 9.17) is 4.42 Å². The Kier molecular flexibility index (Phi) is 5.03. The van der Waals surface area contributed by atoms with Crippen LogP contribution < -0.4 is 16.0 Å². The number of oxazole rings is 1. The molecule has 0 unspecified atom stereocenters. The molecule has 3 aromatic heterocycles. The Bertz CT molecular complexity index is 1450. The van der Waals surface area contributed by atoms with E-state index in [1.54, 1.807) is 36.8 Å². The third-order valence-corrected chi connectivity index (χ3v) is 5.27. The number of aromatic nitrogens is 4. The maximum Gasteiger partial charge on any atom is 0.293 e. The van der Waals surface area contributed by atoms with Crippen LogP contribution in [0.4, 0.5) is 15.8 Å². The molecular formula is C23H23FN8O2. The molecule has 0 radical (unpaired) electrons. The summed E-state index contributed by atoms with van der Waals surface area (Å²) in [5, 5.41) is 9.21. The number of rotatable bonds is 4. The van der Waals surface area contributed by atoms with E-state index in [1.807, 2.05) is 0 Å². The van der Waals surface area contributed by atoms with Crippen LogP contribution in [0, 0.1) is 19.7 Å². The SMILES string of the molecule is Cc1nc(C)c(C(=O)Nc2ccc(F)c(-c3cn4cc(NC5=NCC(C)(C)N5)cnc4n3)c2)o1. The van der Waals surface area contributed by atoms with Gasteiger partial charge in [-0.2, -0.15) is 0 Å². The molecule has 0 saturated heterocycles. The molecule has 10 nitrogen and oxygen atoms in total. The number of benzene rings is 1. The molecule has 0 fully saturated rings. The van der Waals surface area contributed by atoms with E-state index < -0.39 is 11.7 Å². The van der Waals surface area contributed by atoms with E-state index in [2.05, 4.69) is 49.7 Å². The minimum atomic E-state index is -0.474. The largest absolute Gasteiger partial charge is 0.436 e. The van der Waals surface area contributed by atoms with Crippen molar-refractivity contribution in [3.8, 4) is 11.3 Å². The number of anilines is 2. The van der Waals surface area contributed by atoms with Gasteiger partial charge in [0.1, 0.15) is 5.82 Å². The van der Waals surface area contributed by atoms with Gasteiger partial charge in [0.15, 0.2) is 11.9 Å². The van der Waals surface area contributed by atoms with Crippen LogP contribution in [0.3, 0.4) is 0 Å². The first-order valence-electron chi connectivity index (χ1n) is 10.7. The number of amides is 1. The molecule has 3 N–H and O–H groups in total. The molecule has 1 amide bonds. The lowest BCUT2D eigenvalue weighted by molar-refractivity contribution is 0.0994. The van der Waals surface area contributed by atoms with E-state index in [0.717, 1.165) is 0 Å². The van der Waals surface area contributed by atoms with Crippen molar-refractivity contribution in [2.24, 2.45) is 4.99 Å². The third kappa shape index (κ3) is 4.19. The van der Waals surface area contributed by atoms with E-state index in [1.165, 1.54) is 18.2 Å². The van der Waals surface area contributed by atoms with Crippen molar-refractivity contribution >= 4 is 29.0 Å². The number of imidazole rings is 1. The average molecular weight is 462 g/mol. The summed E-state index contributed by atoms with van der Waals surface area (Å²) in [5.41, 5.74) is 2.09. The maximum atomic E-state index is 14.7. The number of aryl methyl sites for hydroxylation is 2. The first kappa shape index (κ1) is 21.6.